The summed E-state index contributed by atoms with van der Waals surface area (Å²) in [5.74, 6) is 1.68. The molecule has 82 valence electrons. The van der Waals surface area contributed by atoms with E-state index in [0.29, 0.717) is 0 Å². The molecule has 0 radical (unpaired) electrons. The molecule has 1 saturated carbocycles. The zero-order chi connectivity index (χ0) is 10.4. The summed E-state index contributed by atoms with van der Waals surface area (Å²) in [4.78, 5) is 0. The van der Waals surface area contributed by atoms with Crippen molar-refractivity contribution in [3.63, 3.8) is 0 Å². The largest absolute Gasteiger partial charge is 0.363 e. The summed E-state index contributed by atoms with van der Waals surface area (Å²) in [5.41, 5.74) is 0. The first kappa shape index (κ1) is 11.8. The SMILES string of the molecule is CCNC(=S)NCC1CCCCC1C. The van der Waals surface area contributed by atoms with Crippen LogP contribution in [-0.4, -0.2) is 18.2 Å². The molecule has 2 N–H and O–H groups in total. The van der Waals surface area contributed by atoms with Crippen molar-refractivity contribution >= 4 is 17.3 Å². The van der Waals surface area contributed by atoms with Gasteiger partial charge in [-0.2, -0.15) is 0 Å². The number of thiocarbonyl (C=S) groups is 1. The lowest BCUT2D eigenvalue weighted by molar-refractivity contribution is 0.256. The van der Waals surface area contributed by atoms with Gasteiger partial charge >= 0.3 is 0 Å². The third-order valence-electron chi connectivity index (χ3n) is 3.15. The van der Waals surface area contributed by atoms with E-state index in [1.807, 2.05) is 0 Å². The molecule has 0 aromatic heterocycles. The minimum absolute atomic E-state index is 0.810. The predicted molar refractivity (Wildman–Crippen MR) is 65.4 cm³/mol. The van der Waals surface area contributed by atoms with E-state index in [0.717, 1.165) is 30.0 Å². The van der Waals surface area contributed by atoms with Crippen LogP contribution >= 0.6 is 12.2 Å². The Bertz CT molecular complexity index is 182. The standard InChI is InChI=1S/C11H22N2S/c1-3-12-11(14)13-8-10-7-5-4-6-9(10)2/h9-10H,3-8H2,1-2H3,(H2,12,13,14). The summed E-state index contributed by atoms with van der Waals surface area (Å²) < 4.78 is 0. The van der Waals surface area contributed by atoms with Gasteiger partial charge < -0.3 is 10.6 Å². The average molecular weight is 214 g/mol. The molecule has 0 aromatic rings. The molecule has 0 spiro atoms. The maximum Gasteiger partial charge on any atom is 0.166 e. The Morgan fingerprint density at radius 2 is 2.00 bits per heavy atom. The summed E-state index contributed by atoms with van der Waals surface area (Å²) in [6, 6.07) is 0. The molecule has 0 heterocycles. The number of hydrogen-bond donors (Lipinski definition) is 2. The van der Waals surface area contributed by atoms with E-state index < -0.39 is 0 Å². The molecule has 0 aliphatic heterocycles. The molecule has 0 bridgehead atoms. The zero-order valence-electron chi connectivity index (χ0n) is 9.31. The van der Waals surface area contributed by atoms with Gasteiger partial charge in [-0.15, -0.1) is 0 Å². The van der Waals surface area contributed by atoms with Crippen molar-refractivity contribution in [2.75, 3.05) is 13.1 Å². The molecular weight excluding hydrogens is 192 g/mol. The van der Waals surface area contributed by atoms with Crippen LogP contribution in [0.1, 0.15) is 39.5 Å². The van der Waals surface area contributed by atoms with Crippen molar-refractivity contribution in [1.82, 2.24) is 10.6 Å². The van der Waals surface area contributed by atoms with Gasteiger partial charge in [-0.05, 0) is 37.4 Å². The van der Waals surface area contributed by atoms with Crippen LogP contribution in [0.4, 0.5) is 0 Å². The Morgan fingerprint density at radius 1 is 1.29 bits per heavy atom. The molecule has 2 nitrogen and oxygen atoms in total. The van der Waals surface area contributed by atoms with Gasteiger partial charge in [0.05, 0.1) is 0 Å². The second-order valence-corrected chi connectivity index (χ2v) is 4.67. The van der Waals surface area contributed by atoms with E-state index in [2.05, 4.69) is 24.5 Å². The smallest absolute Gasteiger partial charge is 0.166 e. The molecule has 0 aromatic carbocycles. The molecular formula is C11H22N2S. The highest BCUT2D eigenvalue weighted by Gasteiger charge is 2.20. The van der Waals surface area contributed by atoms with Crippen molar-refractivity contribution in [3.05, 3.63) is 0 Å². The molecule has 1 aliphatic rings. The first-order valence-electron chi connectivity index (χ1n) is 5.75. The van der Waals surface area contributed by atoms with Crippen molar-refractivity contribution in [2.45, 2.75) is 39.5 Å². The van der Waals surface area contributed by atoms with Gasteiger partial charge in [0.1, 0.15) is 0 Å². The average Bonchev–Trinajstić information content (AvgIpc) is 2.17. The highest BCUT2D eigenvalue weighted by atomic mass is 32.1. The Morgan fingerprint density at radius 3 is 2.64 bits per heavy atom. The summed E-state index contributed by atoms with van der Waals surface area (Å²) in [7, 11) is 0. The number of hydrogen-bond acceptors (Lipinski definition) is 1. The second-order valence-electron chi connectivity index (χ2n) is 4.26. The molecule has 0 amide bonds. The van der Waals surface area contributed by atoms with E-state index in [4.69, 9.17) is 12.2 Å². The monoisotopic (exact) mass is 214 g/mol. The second kappa shape index (κ2) is 6.23. The van der Waals surface area contributed by atoms with Crippen LogP contribution in [0.25, 0.3) is 0 Å². The molecule has 0 saturated heterocycles. The Balaban J connectivity index is 2.19. The third kappa shape index (κ3) is 3.82. The predicted octanol–water partition coefficient (Wildman–Crippen LogP) is 2.30. The fraction of sp³-hybridized carbons (Fsp3) is 0.909. The van der Waals surface area contributed by atoms with Gasteiger partial charge in [-0.3, -0.25) is 0 Å². The van der Waals surface area contributed by atoms with Gasteiger partial charge in [0.15, 0.2) is 5.11 Å². The van der Waals surface area contributed by atoms with Gasteiger partial charge in [0.2, 0.25) is 0 Å². The van der Waals surface area contributed by atoms with Gasteiger partial charge in [0.25, 0.3) is 0 Å². The molecule has 1 fully saturated rings. The Hall–Kier alpha value is -0.310. The van der Waals surface area contributed by atoms with E-state index in [1.165, 1.54) is 25.7 Å². The van der Waals surface area contributed by atoms with Gasteiger partial charge in [-0.1, -0.05) is 26.2 Å². The van der Waals surface area contributed by atoms with Crippen molar-refractivity contribution in [2.24, 2.45) is 11.8 Å². The Kier molecular flexibility index (Phi) is 5.23. The fourth-order valence-corrected chi connectivity index (χ4v) is 2.37. The minimum atomic E-state index is 0.810. The number of nitrogens with one attached hydrogen (secondary N) is 2. The van der Waals surface area contributed by atoms with E-state index >= 15 is 0 Å². The maximum atomic E-state index is 5.14. The van der Waals surface area contributed by atoms with Crippen LogP contribution in [-0.2, 0) is 0 Å². The van der Waals surface area contributed by atoms with Crippen LogP contribution in [0.2, 0.25) is 0 Å². The molecule has 1 aliphatic carbocycles. The number of rotatable bonds is 3. The molecule has 1 rings (SSSR count). The lowest BCUT2D eigenvalue weighted by Gasteiger charge is -2.29. The van der Waals surface area contributed by atoms with Crippen molar-refractivity contribution < 1.29 is 0 Å². The first-order valence-corrected chi connectivity index (χ1v) is 6.16. The molecule has 2 atom stereocenters. The van der Waals surface area contributed by atoms with Gasteiger partial charge in [0, 0.05) is 13.1 Å². The summed E-state index contributed by atoms with van der Waals surface area (Å²) in [5, 5.41) is 7.23. The molecule has 2 unspecified atom stereocenters. The normalized spacial score (nSPS) is 27.0. The van der Waals surface area contributed by atoms with E-state index in [-0.39, 0.29) is 0 Å². The zero-order valence-corrected chi connectivity index (χ0v) is 10.1. The van der Waals surface area contributed by atoms with Crippen LogP contribution in [0.3, 0.4) is 0 Å². The quantitative estimate of drug-likeness (QED) is 0.705. The highest BCUT2D eigenvalue weighted by molar-refractivity contribution is 7.80. The lowest BCUT2D eigenvalue weighted by Crippen LogP contribution is -2.39. The molecule has 3 heteroatoms. The van der Waals surface area contributed by atoms with Crippen LogP contribution in [0.5, 0.6) is 0 Å². The summed E-state index contributed by atoms with van der Waals surface area (Å²) in [6.07, 6.45) is 5.56. The Labute approximate surface area is 92.8 Å². The van der Waals surface area contributed by atoms with Crippen molar-refractivity contribution in [3.8, 4) is 0 Å². The lowest BCUT2D eigenvalue weighted by atomic mass is 9.80. The minimum Gasteiger partial charge on any atom is -0.363 e. The maximum absolute atomic E-state index is 5.14. The van der Waals surface area contributed by atoms with Crippen LogP contribution < -0.4 is 10.6 Å². The van der Waals surface area contributed by atoms with Crippen molar-refractivity contribution in [1.29, 1.82) is 0 Å². The van der Waals surface area contributed by atoms with Crippen LogP contribution in [0, 0.1) is 11.8 Å². The van der Waals surface area contributed by atoms with Gasteiger partial charge in [-0.25, -0.2) is 0 Å². The fourth-order valence-electron chi connectivity index (χ4n) is 2.14. The molecule has 14 heavy (non-hydrogen) atoms. The first-order chi connectivity index (χ1) is 6.74. The highest BCUT2D eigenvalue weighted by Crippen LogP contribution is 2.28. The third-order valence-corrected chi connectivity index (χ3v) is 3.44. The summed E-state index contributed by atoms with van der Waals surface area (Å²) >= 11 is 5.14. The summed E-state index contributed by atoms with van der Waals surface area (Å²) in [6.45, 7) is 6.39. The van der Waals surface area contributed by atoms with E-state index in [1.54, 1.807) is 0 Å². The topological polar surface area (TPSA) is 24.1 Å². The van der Waals surface area contributed by atoms with E-state index in [9.17, 15) is 0 Å². The van der Waals surface area contributed by atoms with Crippen LogP contribution in [0.15, 0.2) is 0 Å².